The third kappa shape index (κ3) is 5.26. The monoisotopic (exact) mass is 408 g/mol. The minimum absolute atomic E-state index is 0.116. The average Bonchev–Trinajstić information content (AvgIpc) is 3.14. The maximum atomic E-state index is 13.2. The van der Waals surface area contributed by atoms with Crippen molar-refractivity contribution in [3.8, 4) is 5.75 Å². The van der Waals surface area contributed by atoms with E-state index in [0.29, 0.717) is 17.9 Å². The fourth-order valence-corrected chi connectivity index (χ4v) is 2.86. The number of nitrogens with zero attached hydrogens (tertiary/aromatic N) is 2. The Morgan fingerprint density at radius 1 is 1.00 bits per heavy atom. The summed E-state index contributed by atoms with van der Waals surface area (Å²) in [5.74, 6) is 0.457. The Morgan fingerprint density at radius 3 is 2.41 bits per heavy atom. The van der Waals surface area contributed by atoms with Gasteiger partial charge in [-0.2, -0.15) is 5.10 Å². The molecule has 0 atom stereocenters. The molecule has 0 unspecified atom stereocenters. The lowest BCUT2D eigenvalue weighted by molar-refractivity contribution is 0.139. The Bertz CT molecular complexity index is 931. The van der Waals surface area contributed by atoms with Gasteiger partial charge in [0.2, 0.25) is 0 Å². The van der Waals surface area contributed by atoms with Crippen LogP contribution in [-0.4, -0.2) is 16.9 Å². The first-order chi connectivity index (χ1) is 14.0. The fourth-order valence-electron chi connectivity index (χ4n) is 2.86. The van der Waals surface area contributed by atoms with Gasteiger partial charge in [-0.1, -0.05) is 24.3 Å². The highest BCUT2D eigenvalue weighted by molar-refractivity contribution is 5.42. The summed E-state index contributed by atoms with van der Waals surface area (Å²) in [7, 11) is 1.45. The number of aromatic nitrogens is 2. The van der Waals surface area contributed by atoms with Gasteiger partial charge in [-0.15, -0.1) is 0 Å². The molecule has 1 heterocycles. The van der Waals surface area contributed by atoms with E-state index in [-0.39, 0.29) is 6.54 Å². The highest BCUT2D eigenvalue weighted by Crippen LogP contribution is 2.28. The minimum Gasteiger partial charge on any atom is -0.496 e. The second kappa shape index (κ2) is 9.42. The van der Waals surface area contributed by atoms with E-state index in [1.807, 2.05) is 36.4 Å². The first-order valence-electron chi connectivity index (χ1n) is 8.81. The number of hydrogen-bond acceptors (Lipinski definition) is 4. The van der Waals surface area contributed by atoms with Crippen molar-refractivity contribution in [3.63, 3.8) is 0 Å². The van der Waals surface area contributed by atoms with Crippen molar-refractivity contribution in [1.82, 2.24) is 15.2 Å². The number of halogens is 4. The number of hydrogen-bond donors (Lipinski definition) is 2. The van der Waals surface area contributed by atoms with E-state index in [9.17, 15) is 17.6 Å². The largest absolute Gasteiger partial charge is 0.496 e. The number of hydrazine groups is 1. The molecule has 0 aliphatic rings. The Morgan fingerprint density at radius 2 is 1.76 bits per heavy atom. The van der Waals surface area contributed by atoms with Crippen LogP contribution in [0, 0.1) is 0 Å². The predicted molar refractivity (Wildman–Crippen MR) is 101 cm³/mol. The molecule has 0 amide bonds. The maximum Gasteiger partial charge on any atom is 0.282 e. The molecule has 3 aromatic rings. The van der Waals surface area contributed by atoms with Crippen molar-refractivity contribution in [3.05, 3.63) is 77.1 Å². The second-order valence-electron chi connectivity index (χ2n) is 6.24. The number of rotatable bonds is 9. The molecule has 2 N–H and O–H groups in total. The molecule has 0 saturated heterocycles. The van der Waals surface area contributed by atoms with E-state index in [1.165, 1.54) is 7.11 Å². The van der Waals surface area contributed by atoms with Crippen molar-refractivity contribution in [2.75, 3.05) is 12.5 Å². The van der Waals surface area contributed by atoms with Gasteiger partial charge >= 0.3 is 0 Å². The number of alkyl halides is 4. The summed E-state index contributed by atoms with van der Waals surface area (Å²) >= 11 is 0. The van der Waals surface area contributed by atoms with Crippen LogP contribution in [0.2, 0.25) is 0 Å². The first kappa shape index (κ1) is 20.7. The summed E-state index contributed by atoms with van der Waals surface area (Å²) in [4.78, 5) is 0. The first-order valence-corrected chi connectivity index (χ1v) is 8.81. The van der Waals surface area contributed by atoms with Crippen molar-refractivity contribution in [2.45, 2.75) is 25.9 Å². The molecule has 0 bridgehead atoms. The molecular weight excluding hydrogens is 388 g/mol. The lowest BCUT2D eigenvalue weighted by Crippen LogP contribution is -2.21. The zero-order valence-corrected chi connectivity index (χ0v) is 15.6. The Balaban J connectivity index is 1.77. The SMILES string of the molecule is COc1ccc(CNNc2ccccc2)cc1Cn1nc(C(F)F)cc1C(F)F. The molecule has 1 aromatic heterocycles. The number of benzene rings is 2. The van der Waals surface area contributed by atoms with Crippen LogP contribution in [0.3, 0.4) is 0 Å². The van der Waals surface area contributed by atoms with Crippen LogP contribution in [0.15, 0.2) is 54.6 Å². The van der Waals surface area contributed by atoms with Crippen molar-refractivity contribution in [2.24, 2.45) is 0 Å². The van der Waals surface area contributed by atoms with E-state index in [2.05, 4.69) is 16.0 Å². The molecule has 0 aliphatic heterocycles. The van der Waals surface area contributed by atoms with Gasteiger partial charge in [0.25, 0.3) is 12.9 Å². The minimum atomic E-state index is -2.92. The quantitative estimate of drug-likeness (QED) is 0.389. The van der Waals surface area contributed by atoms with Crippen LogP contribution in [0.5, 0.6) is 5.75 Å². The molecule has 0 aliphatic carbocycles. The van der Waals surface area contributed by atoms with Gasteiger partial charge in [0, 0.05) is 17.8 Å². The van der Waals surface area contributed by atoms with Crippen molar-refractivity contribution < 1.29 is 22.3 Å². The van der Waals surface area contributed by atoms with Crippen LogP contribution in [-0.2, 0) is 13.1 Å². The van der Waals surface area contributed by atoms with Gasteiger partial charge in [-0.3, -0.25) is 4.68 Å². The number of anilines is 1. The molecule has 0 saturated carbocycles. The number of nitrogens with one attached hydrogen (secondary N) is 2. The summed E-state index contributed by atoms with van der Waals surface area (Å²) < 4.78 is 58.4. The molecule has 5 nitrogen and oxygen atoms in total. The van der Waals surface area contributed by atoms with E-state index in [0.717, 1.165) is 22.0 Å². The summed E-state index contributed by atoms with van der Waals surface area (Å²) in [6.45, 7) is 0.324. The summed E-state index contributed by atoms with van der Waals surface area (Å²) in [6, 6.07) is 15.5. The highest BCUT2D eigenvalue weighted by Gasteiger charge is 2.22. The zero-order chi connectivity index (χ0) is 20.8. The van der Waals surface area contributed by atoms with Gasteiger partial charge in [0.15, 0.2) is 0 Å². The van der Waals surface area contributed by atoms with E-state index in [4.69, 9.17) is 4.74 Å². The van der Waals surface area contributed by atoms with Gasteiger partial charge in [-0.25, -0.2) is 23.0 Å². The lowest BCUT2D eigenvalue weighted by Gasteiger charge is -2.14. The fraction of sp³-hybridized carbons (Fsp3) is 0.250. The Hall–Kier alpha value is -3.07. The molecule has 3 rings (SSSR count). The molecule has 2 aromatic carbocycles. The van der Waals surface area contributed by atoms with Crippen LogP contribution in [0.25, 0.3) is 0 Å². The standard InChI is InChI=1S/C20H20F4N4O/c1-29-18-8-7-13(11-25-26-15-5-3-2-4-6-15)9-14(18)12-28-17(20(23)24)10-16(27-28)19(21)22/h2-10,19-20,25-26H,11-12H2,1H3. The second-order valence-corrected chi connectivity index (χ2v) is 6.24. The molecule has 154 valence electrons. The smallest absolute Gasteiger partial charge is 0.282 e. The highest BCUT2D eigenvalue weighted by atomic mass is 19.3. The normalized spacial score (nSPS) is 11.3. The third-order valence-electron chi connectivity index (χ3n) is 4.24. The number of methoxy groups -OCH3 is 1. The molecule has 0 spiro atoms. The maximum absolute atomic E-state index is 13.2. The molecule has 0 radical (unpaired) electrons. The third-order valence-corrected chi connectivity index (χ3v) is 4.24. The Kier molecular flexibility index (Phi) is 6.71. The lowest BCUT2D eigenvalue weighted by atomic mass is 10.1. The van der Waals surface area contributed by atoms with E-state index < -0.39 is 24.2 Å². The number of para-hydroxylation sites is 1. The molecule has 9 heteroatoms. The van der Waals surface area contributed by atoms with Gasteiger partial charge < -0.3 is 10.2 Å². The summed E-state index contributed by atoms with van der Waals surface area (Å²) in [5, 5.41) is 3.64. The molecule has 29 heavy (non-hydrogen) atoms. The van der Waals surface area contributed by atoms with Gasteiger partial charge in [0.1, 0.15) is 17.1 Å². The topological polar surface area (TPSA) is 51.1 Å². The van der Waals surface area contributed by atoms with Crippen LogP contribution >= 0.6 is 0 Å². The zero-order valence-electron chi connectivity index (χ0n) is 15.6. The van der Waals surface area contributed by atoms with Crippen molar-refractivity contribution >= 4 is 5.69 Å². The van der Waals surface area contributed by atoms with Crippen LogP contribution in [0.4, 0.5) is 23.2 Å². The van der Waals surface area contributed by atoms with E-state index in [1.54, 1.807) is 12.1 Å². The van der Waals surface area contributed by atoms with Crippen LogP contribution in [0.1, 0.15) is 35.4 Å². The Labute approximate surface area is 165 Å². The van der Waals surface area contributed by atoms with E-state index >= 15 is 0 Å². The summed E-state index contributed by atoms with van der Waals surface area (Å²) in [6.07, 6.45) is -5.84. The van der Waals surface area contributed by atoms with Gasteiger partial charge in [-0.05, 0) is 35.9 Å². The molecule has 0 fully saturated rings. The van der Waals surface area contributed by atoms with Gasteiger partial charge in [0.05, 0.1) is 13.7 Å². The predicted octanol–water partition coefficient (Wildman–Crippen LogP) is 4.93. The van der Waals surface area contributed by atoms with Crippen LogP contribution < -0.4 is 15.6 Å². The molecular formula is C20H20F4N4O. The summed E-state index contributed by atoms with van der Waals surface area (Å²) in [5.41, 5.74) is 7.17. The average molecular weight is 408 g/mol. The number of ether oxygens (including phenoxy) is 1. The van der Waals surface area contributed by atoms with Crippen molar-refractivity contribution in [1.29, 1.82) is 0 Å².